The summed E-state index contributed by atoms with van der Waals surface area (Å²) in [6.07, 6.45) is 3.17. The molecule has 0 aromatic rings. The van der Waals surface area contributed by atoms with Gasteiger partial charge in [0.2, 0.25) is 5.91 Å². The maximum absolute atomic E-state index is 11.3. The van der Waals surface area contributed by atoms with Crippen LogP contribution in [0.1, 0.15) is 13.8 Å². The smallest absolute Gasteiger partial charge is 0.248 e. The molecule has 1 rings (SSSR count). The Hall–Kier alpha value is -1.03. The standard InChI is InChI=1S/C8H14N2O2.C2H6/c1-9-3-2-8(11)10-4-6-12-7-5-10;1-2/h2-3,9H,4-7H2,1H3;1-2H3. The lowest BCUT2D eigenvalue weighted by atomic mass is 10.4. The summed E-state index contributed by atoms with van der Waals surface area (Å²) in [6, 6.07) is 0. The van der Waals surface area contributed by atoms with Crippen LogP contribution >= 0.6 is 0 Å². The first kappa shape index (κ1) is 13.0. The number of ether oxygens (including phenoxy) is 1. The van der Waals surface area contributed by atoms with Gasteiger partial charge in [0, 0.05) is 32.4 Å². The summed E-state index contributed by atoms with van der Waals surface area (Å²) >= 11 is 0. The molecule has 1 aliphatic rings. The molecule has 1 N–H and O–H groups in total. The molecule has 0 aromatic heterocycles. The monoisotopic (exact) mass is 200 g/mol. The lowest BCUT2D eigenvalue weighted by Gasteiger charge is -2.25. The molecular formula is C10H20N2O2. The zero-order chi connectivity index (χ0) is 10.8. The summed E-state index contributed by atoms with van der Waals surface area (Å²) < 4.78 is 5.12. The zero-order valence-electron chi connectivity index (χ0n) is 9.25. The van der Waals surface area contributed by atoms with Crippen LogP contribution in [0.3, 0.4) is 0 Å². The van der Waals surface area contributed by atoms with E-state index in [0.717, 1.165) is 0 Å². The first-order chi connectivity index (χ1) is 6.84. The van der Waals surface area contributed by atoms with Gasteiger partial charge in [-0.25, -0.2) is 0 Å². The molecule has 82 valence electrons. The highest BCUT2D eigenvalue weighted by Gasteiger charge is 2.13. The Labute approximate surface area is 85.9 Å². The summed E-state index contributed by atoms with van der Waals surface area (Å²) in [5, 5.41) is 2.78. The van der Waals surface area contributed by atoms with Gasteiger partial charge in [-0.3, -0.25) is 4.79 Å². The molecule has 0 bridgehead atoms. The summed E-state index contributed by atoms with van der Waals surface area (Å²) in [5.74, 6) is 0.0488. The van der Waals surface area contributed by atoms with Gasteiger partial charge >= 0.3 is 0 Å². The maximum Gasteiger partial charge on any atom is 0.248 e. The van der Waals surface area contributed by atoms with Gasteiger partial charge in [0.1, 0.15) is 0 Å². The molecule has 4 nitrogen and oxygen atoms in total. The Balaban J connectivity index is 0.000000791. The summed E-state index contributed by atoms with van der Waals surface area (Å²) in [5.41, 5.74) is 0. The molecule has 0 radical (unpaired) electrons. The number of hydrogen-bond acceptors (Lipinski definition) is 3. The minimum Gasteiger partial charge on any atom is -0.394 e. The molecule has 0 spiro atoms. The van der Waals surface area contributed by atoms with E-state index in [0.29, 0.717) is 26.3 Å². The van der Waals surface area contributed by atoms with Crippen molar-refractivity contribution in [3.63, 3.8) is 0 Å². The lowest BCUT2D eigenvalue weighted by Crippen LogP contribution is -2.39. The fourth-order valence-corrected chi connectivity index (χ4v) is 1.04. The Bertz CT molecular complexity index is 175. The molecule has 0 aromatic carbocycles. The number of rotatable bonds is 2. The van der Waals surface area contributed by atoms with Crippen molar-refractivity contribution in [3.05, 3.63) is 12.3 Å². The highest BCUT2D eigenvalue weighted by molar-refractivity contribution is 5.87. The van der Waals surface area contributed by atoms with E-state index in [-0.39, 0.29) is 5.91 Å². The summed E-state index contributed by atoms with van der Waals surface area (Å²) in [4.78, 5) is 13.1. The topological polar surface area (TPSA) is 41.6 Å². The van der Waals surface area contributed by atoms with Gasteiger partial charge in [0.25, 0.3) is 0 Å². The Morgan fingerprint density at radius 1 is 1.36 bits per heavy atom. The minimum absolute atomic E-state index is 0.0488. The van der Waals surface area contributed by atoms with Gasteiger partial charge in [-0.2, -0.15) is 0 Å². The number of carbonyl (C=O) groups excluding carboxylic acids is 1. The van der Waals surface area contributed by atoms with E-state index in [1.165, 1.54) is 6.08 Å². The first-order valence-corrected chi connectivity index (χ1v) is 5.05. The first-order valence-electron chi connectivity index (χ1n) is 5.05. The third-order valence-corrected chi connectivity index (χ3v) is 1.72. The fraction of sp³-hybridized carbons (Fsp3) is 0.700. The number of amides is 1. The molecule has 4 heteroatoms. The number of carbonyl (C=O) groups is 1. The van der Waals surface area contributed by atoms with Crippen LogP contribution in [0.2, 0.25) is 0 Å². The van der Waals surface area contributed by atoms with Crippen molar-refractivity contribution in [1.29, 1.82) is 0 Å². The van der Waals surface area contributed by atoms with Crippen LogP contribution in [0.25, 0.3) is 0 Å². The molecule has 1 saturated heterocycles. The predicted molar refractivity (Wildman–Crippen MR) is 56.9 cm³/mol. The van der Waals surface area contributed by atoms with Crippen LogP contribution in [0.15, 0.2) is 12.3 Å². The van der Waals surface area contributed by atoms with Crippen molar-refractivity contribution in [1.82, 2.24) is 10.2 Å². The molecule has 1 fully saturated rings. The van der Waals surface area contributed by atoms with E-state index < -0.39 is 0 Å². The molecule has 0 atom stereocenters. The highest BCUT2D eigenvalue weighted by atomic mass is 16.5. The van der Waals surface area contributed by atoms with Gasteiger partial charge in [0.05, 0.1) is 13.2 Å². The zero-order valence-corrected chi connectivity index (χ0v) is 9.25. The third kappa shape index (κ3) is 4.87. The van der Waals surface area contributed by atoms with Crippen LogP contribution < -0.4 is 5.32 Å². The van der Waals surface area contributed by atoms with Crippen molar-refractivity contribution in [3.8, 4) is 0 Å². The average Bonchev–Trinajstić information content (AvgIpc) is 2.30. The van der Waals surface area contributed by atoms with Crippen LogP contribution in [0.4, 0.5) is 0 Å². The Morgan fingerprint density at radius 2 is 1.93 bits per heavy atom. The van der Waals surface area contributed by atoms with E-state index in [1.807, 2.05) is 13.8 Å². The van der Waals surface area contributed by atoms with Crippen LogP contribution in [-0.4, -0.2) is 44.2 Å². The third-order valence-electron chi connectivity index (χ3n) is 1.72. The van der Waals surface area contributed by atoms with E-state index in [2.05, 4.69) is 5.32 Å². The van der Waals surface area contributed by atoms with Crippen molar-refractivity contribution >= 4 is 5.91 Å². The van der Waals surface area contributed by atoms with Gasteiger partial charge in [-0.1, -0.05) is 13.8 Å². The second-order valence-electron chi connectivity index (χ2n) is 2.56. The summed E-state index contributed by atoms with van der Waals surface area (Å²) in [7, 11) is 1.77. The minimum atomic E-state index is 0.0488. The van der Waals surface area contributed by atoms with E-state index >= 15 is 0 Å². The molecule has 14 heavy (non-hydrogen) atoms. The normalized spacial score (nSPS) is 16.1. The maximum atomic E-state index is 11.3. The second-order valence-corrected chi connectivity index (χ2v) is 2.56. The van der Waals surface area contributed by atoms with Crippen LogP contribution in [0, 0.1) is 0 Å². The van der Waals surface area contributed by atoms with E-state index in [9.17, 15) is 4.79 Å². The number of hydrogen-bond donors (Lipinski definition) is 1. The number of nitrogens with one attached hydrogen (secondary N) is 1. The van der Waals surface area contributed by atoms with E-state index in [1.54, 1.807) is 18.1 Å². The number of morpholine rings is 1. The molecule has 1 aliphatic heterocycles. The van der Waals surface area contributed by atoms with Crippen molar-refractivity contribution in [2.75, 3.05) is 33.4 Å². The SMILES string of the molecule is CC.CNC=CC(=O)N1CCOCC1. The Morgan fingerprint density at radius 3 is 2.43 bits per heavy atom. The molecule has 0 unspecified atom stereocenters. The van der Waals surface area contributed by atoms with Gasteiger partial charge in [0.15, 0.2) is 0 Å². The molecular weight excluding hydrogens is 180 g/mol. The van der Waals surface area contributed by atoms with Crippen LogP contribution in [-0.2, 0) is 9.53 Å². The highest BCUT2D eigenvalue weighted by Crippen LogP contribution is 1.97. The number of nitrogens with zero attached hydrogens (tertiary/aromatic N) is 1. The molecule has 0 aliphatic carbocycles. The van der Waals surface area contributed by atoms with E-state index in [4.69, 9.17) is 4.74 Å². The summed E-state index contributed by atoms with van der Waals surface area (Å²) in [6.45, 7) is 6.71. The van der Waals surface area contributed by atoms with Gasteiger partial charge in [-0.15, -0.1) is 0 Å². The van der Waals surface area contributed by atoms with Crippen molar-refractivity contribution in [2.45, 2.75) is 13.8 Å². The average molecular weight is 200 g/mol. The molecule has 0 saturated carbocycles. The van der Waals surface area contributed by atoms with Gasteiger partial charge in [-0.05, 0) is 0 Å². The molecule has 1 amide bonds. The van der Waals surface area contributed by atoms with Gasteiger partial charge < -0.3 is 15.0 Å². The quantitative estimate of drug-likeness (QED) is 0.664. The van der Waals surface area contributed by atoms with Crippen molar-refractivity contribution in [2.24, 2.45) is 0 Å². The van der Waals surface area contributed by atoms with Crippen LogP contribution in [0.5, 0.6) is 0 Å². The predicted octanol–water partition coefficient (Wildman–Crippen LogP) is 0.604. The fourth-order valence-electron chi connectivity index (χ4n) is 1.04. The Kier molecular flexibility index (Phi) is 7.93. The second kappa shape index (κ2) is 8.56. The lowest BCUT2D eigenvalue weighted by molar-refractivity contribution is -0.129. The largest absolute Gasteiger partial charge is 0.394 e. The molecule has 1 heterocycles. The van der Waals surface area contributed by atoms with Crippen molar-refractivity contribution < 1.29 is 9.53 Å².